The molecule has 0 radical (unpaired) electrons. The van der Waals surface area contributed by atoms with E-state index in [2.05, 4.69) is 58.0 Å². The summed E-state index contributed by atoms with van der Waals surface area (Å²) in [6.45, 7) is 14.8. The van der Waals surface area contributed by atoms with Gasteiger partial charge >= 0.3 is 0 Å². The summed E-state index contributed by atoms with van der Waals surface area (Å²) in [6.07, 6.45) is 0. The van der Waals surface area contributed by atoms with Crippen LogP contribution < -0.4 is 0 Å². The zero-order chi connectivity index (χ0) is 15.8. The van der Waals surface area contributed by atoms with Crippen molar-refractivity contribution in [3.63, 3.8) is 0 Å². The van der Waals surface area contributed by atoms with Gasteiger partial charge < -0.3 is 4.74 Å². The minimum absolute atomic E-state index is 0.0204. The van der Waals surface area contributed by atoms with Crippen molar-refractivity contribution >= 4 is 11.0 Å². The van der Waals surface area contributed by atoms with E-state index in [1.54, 1.807) is 0 Å². The standard InChI is InChI=1S/C17H27NO2S/c1-13-7-8-15(14(11-13)16(2,3)4)21(19)18-9-10-20-12-17(18,5)6/h7-8,11H,9-10,12H2,1-6H3. The average Bonchev–Trinajstić information content (AvgIpc) is 2.36. The molecule has 0 amide bonds. The SMILES string of the molecule is Cc1ccc(S(=O)N2CCOCC2(C)C)c(C(C)(C)C)c1. The van der Waals surface area contributed by atoms with Crippen LogP contribution in [-0.2, 0) is 21.1 Å². The van der Waals surface area contributed by atoms with Gasteiger partial charge in [0, 0.05) is 6.54 Å². The summed E-state index contributed by atoms with van der Waals surface area (Å²) in [6, 6.07) is 6.24. The molecule has 0 N–H and O–H groups in total. The second-order valence-corrected chi connectivity index (χ2v) is 8.84. The Bertz CT molecular complexity index is 546. The third kappa shape index (κ3) is 3.55. The maximum absolute atomic E-state index is 13.2. The summed E-state index contributed by atoms with van der Waals surface area (Å²) in [5, 5.41) is 0. The minimum atomic E-state index is -1.15. The third-order valence-electron chi connectivity index (χ3n) is 3.90. The highest BCUT2D eigenvalue weighted by Gasteiger charge is 2.36. The lowest BCUT2D eigenvalue weighted by Crippen LogP contribution is -2.53. The summed E-state index contributed by atoms with van der Waals surface area (Å²) >= 11 is 0. The first-order chi connectivity index (χ1) is 9.63. The molecule has 1 unspecified atom stereocenters. The first-order valence-electron chi connectivity index (χ1n) is 7.51. The van der Waals surface area contributed by atoms with Crippen molar-refractivity contribution in [2.24, 2.45) is 0 Å². The van der Waals surface area contributed by atoms with Crippen LogP contribution in [0.3, 0.4) is 0 Å². The summed E-state index contributed by atoms with van der Waals surface area (Å²) in [5.74, 6) is 0. The van der Waals surface area contributed by atoms with Crippen LogP contribution in [0.4, 0.5) is 0 Å². The predicted octanol–water partition coefficient (Wildman–Crippen LogP) is 3.43. The minimum Gasteiger partial charge on any atom is -0.378 e. The van der Waals surface area contributed by atoms with Gasteiger partial charge in [0.2, 0.25) is 0 Å². The zero-order valence-electron chi connectivity index (χ0n) is 14.0. The second kappa shape index (κ2) is 5.82. The second-order valence-electron chi connectivity index (χ2n) is 7.47. The van der Waals surface area contributed by atoms with E-state index in [1.165, 1.54) is 11.1 Å². The quantitative estimate of drug-likeness (QED) is 0.837. The van der Waals surface area contributed by atoms with Crippen molar-refractivity contribution in [2.45, 2.75) is 57.4 Å². The molecule has 1 saturated heterocycles. The number of rotatable bonds is 2. The van der Waals surface area contributed by atoms with Gasteiger partial charge in [0.25, 0.3) is 0 Å². The number of hydrogen-bond donors (Lipinski definition) is 0. The van der Waals surface area contributed by atoms with E-state index in [1.807, 2.05) is 6.07 Å². The molecule has 21 heavy (non-hydrogen) atoms. The molecule has 0 aliphatic carbocycles. The zero-order valence-corrected chi connectivity index (χ0v) is 14.8. The number of hydrogen-bond acceptors (Lipinski definition) is 2. The van der Waals surface area contributed by atoms with Gasteiger partial charge in [-0.2, -0.15) is 0 Å². The number of ether oxygens (including phenoxy) is 1. The predicted molar refractivity (Wildman–Crippen MR) is 87.9 cm³/mol. The topological polar surface area (TPSA) is 29.5 Å². The molecule has 3 nitrogen and oxygen atoms in total. The van der Waals surface area contributed by atoms with Crippen LogP contribution in [0.2, 0.25) is 0 Å². The molecule has 1 aromatic rings. The van der Waals surface area contributed by atoms with Crippen LogP contribution in [0.15, 0.2) is 23.1 Å². The fourth-order valence-corrected chi connectivity index (χ4v) is 4.37. The van der Waals surface area contributed by atoms with Gasteiger partial charge in [-0.25, -0.2) is 8.51 Å². The first-order valence-corrected chi connectivity index (χ1v) is 8.62. The van der Waals surface area contributed by atoms with Crippen LogP contribution in [0.5, 0.6) is 0 Å². The van der Waals surface area contributed by atoms with Gasteiger partial charge in [0.15, 0.2) is 0 Å². The molecule has 2 rings (SSSR count). The molecule has 0 saturated carbocycles. The van der Waals surface area contributed by atoms with Crippen LogP contribution in [-0.4, -0.2) is 33.8 Å². The maximum atomic E-state index is 13.2. The van der Waals surface area contributed by atoms with Gasteiger partial charge in [0.05, 0.1) is 23.6 Å². The normalized spacial score (nSPS) is 21.2. The molecule has 1 atom stereocenters. The molecule has 1 fully saturated rings. The van der Waals surface area contributed by atoms with Gasteiger partial charge in [-0.1, -0.05) is 38.5 Å². The van der Waals surface area contributed by atoms with Crippen molar-refractivity contribution < 1.29 is 8.95 Å². The fourth-order valence-electron chi connectivity index (χ4n) is 2.65. The maximum Gasteiger partial charge on any atom is 0.128 e. The lowest BCUT2D eigenvalue weighted by molar-refractivity contribution is -0.00529. The molecular formula is C17H27NO2S. The Kier molecular flexibility index (Phi) is 4.62. The Morgan fingerprint density at radius 3 is 2.52 bits per heavy atom. The monoisotopic (exact) mass is 309 g/mol. The molecule has 0 spiro atoms. The van der Waals surface area contributed by atoms with E-state index < -0.39 is 11.0 Å². The largest absolute Gasteiger partial charge is 0.378 e. The van der Waals surface area contributed by atoms with E-state index in [4.69, 9.17) is 4.74 Å². The number of aryl methyl sites for hydroxylation is 1. The number of morpholine rings is 1. The van der Waals surface area contributed by atoms with Crippen molar-refractivity contribution in [2.75, 3.05) is 19.8 Å². The van der Waals surface area contributed by atoms with Gasteiger partial charge in [-0.3, -0.25) is 0 Å². The van der Waals surface area contributed by atoms with Gasteiger partial charge in [-0.05, 0) is 37.8 Å². The van der Waals surface area contributed by atoms with Crippen molar-refractivity contribution in [3.8, 4) is 0 Å². The Morgan fingerprint density at radius 2 is 1.95 bits per heavy atom. The first kappa shape index (κ1) is 16.7. The van der Waals surface area contributed by atoms with Gasteiger partial charge in [-0.15, -0.1) is 0 Å². The van der Waals surface area contributed by atoms with E-state index in [-0.39, 0.29) is 11.0 Å². The van der Waals surface area contributed by atoms with Crippen molar-refractivity contribution in [1.29, 1.82) is 0 Å². The van der Waals surface area contributed by atoms with E-state index in [0.29, 0.717) is 19.8 Å². The van der Waals surface area contributed by atoms with Crippen LogP contribution in [0.1, 0.15) is 45.7 Å². The lowest BCUT2D eigenvalue weighted by atomic mass is 9.86. The molecule has 1 aliphatic rings. The number of nitrogens with zero attached hydrogens (tertiary/aromatic N) is 1. The molecule has 1 heterocycles. The highest BCUT2D eigenvalue weighted by Crippen LogP contribution is 2.32. The molecule has 1 aromatic carbocycles. The van der Waals surface area contributed by atoms with E-state index in [0.717, 1.165) is 4.90 Å². The highest BCUT2D eigenvalue weighted by molar-refractivity contribution is 7.82. The summed E-state index contributed by atoms with van der Waals surface area (Å²) in [7, 11) is -1.15. The summed E-state index contributed by atoms with van der Waals surface area (Å²) in [5.41, 5.74) is 2.15. The fraction of sp³-hybridized carbons (Fsp3) is 0.647. The molecular weight excluding hydrogens is 282 g/mol. The molecule has 1 aliphatic heterocycles. The Balaban J connectivity index is 2.44. The lowest BCUT2D eigenvalue weighted by Gasteiger charge is -2.41. The van der Waals surface area contributed by atoms with Crippen LogP contribution in [0.25, 0.3) is 0 Å². The summed E-state index contributed by atoms with van der Waals surface area (Å²) < 4.78 is 20.8. The number of benzene rings is 1. The molecule has 0 bridgehead atoms. The van der Waals surface area contributed by atoms with E-state index in [9.17, 15) is 4.21 Å². The van der Waals surface area contributed by atoms with Gasteiger partial charge in [0.1, 0.15) is 11.0 Å². The third-order valence-corrected chi connectivity index (χ3v) is 5.71. The Morgan fingerprint density at radius 1 is 1.29 bits per heavy atom. The van der Waals surface area contributed by atoms with Crippen molar-refractivity contribution in [1.82, 2.24) is 4.31 Å². The molecule has 118 valence electrons. The highest BCUT2D eigenvalue weighted by atomic mass is 32.2. The summed E-state index contributed by atoms with van der Waals surface area (Å²) in [4.78, 5) is 0.933. The van der Waals surface area contributed by atoms with Crippen LogP contribution in [0, 0.1) is 6.92 Å². The van der Waals surface area contributed by atoms with Crippen LogP contribution >= 0.6 is 0 Å². The Hall–Kier alpha value is -0.710. The smallest absolute Gasteiger partial charge is 0.128 e. The van der Waals surface area contributed by atoms with Crippen molar-refractivity contribution in [3.05, 3.63) is 29.3 Å². The average molecular weight is 309 g/mol. The molecule has 0 aromatic heterocycles. The molecule has 4 heteroatoms. The Labute approximate surface area is 131 Å². The van der Waals surface area contributed by atoms with E-state index >= 15 is 0 Å².